The highest BCUT2D eigenvalue weighted by molar-refractivity contribution is 6.39. The van der Waals surface area contributed by atoms with E-state index in [1.165, 1.54) is 6.07 Å². The number of carboxylic acid groups (broad SMARTS) is 1. The number of nitrogens with zero attached hydrogens (tertiary/aromatic N) is 2. The van der Waals surface area contributed by atoms with Crippen LogP contribution in [0.25, 0.3) is 33.2 Å². The van der Waals surface area contributed by atoms with Gasteiger partial charge < -0.3 is 14.4 Å². The van der Waals surface area contributed by atoms with E-state index < -0.39 is 5.97 Å². The van der Waals surface area contributed by atoms with Crippen molar-refractivity contribution in [3.05, 3.63) is 100.0 Å². The SMILES string of the molecule is CCCc1onc(-c2c(Cl)cccc2Cl)c1COc1ccc2cc(-c3ccc(C(=O)O)nc3)ccc2c1. The molecule has 0 bridgehead atoms. The molecule has 0 aliphatic heterocycles. The molecule has 0 amide bonds. The molecule has 2 heterocycles. The van der Waals surface area contributed by atoms with Gasteiger partial charge >= 0.3 is 5.97 Å². The number of benzene rings is 3. The molecule has 3 aromatic carbocycles. The molecule has 5 aromatic rings. The molecule has 0 saturated carbocycles. The summed E-state index contributed by atoms with van der Waals surface area (Å²) >= 11 is 12.9. The summed E-state index contributed by atoms with van der Waals surface area (Å²) in [5.41, 5.74) is 3.85. The van der Waals surface area contributed by atoms with Gasteiger partial charge in [-0.05, 0) is 59.2 Å². The number of hydrogen-bond acceptors (Lipinski definition) is 5. The minimum atomic E-state index is -1.05. The molecule has 8 heteroatoms. The maximum atomic E-state index is 11.1. The van der Waals surface area contributed by atoms with E-state index in [0.29, 0.717) is 27.1 Å². The third-order valence-electron chi connectivity index (χ3n) is 6.06. The molecule has 0 unspecified atom stereocenters. The first kappa shape index (κ1) is 24.8. The predicted molar refractivity (Wildman–Crippen MR) is 144 cm³/mol. The van der Waals surface area contributed by atoms with Crippen LogP contribution in [0.1, 0.15) is 35.2 Å². The van der Waals surface area contributed by atoms with Crippen LogP contribution < -0.4 is 4.74 Å². The standard InChI is InChI=1S/C29H22Cl2N2O4/c1-2-4-26-22(28(33-37-26)27-23(30)5-3-6-24(27)31)16-36-21-11-9-17-13-18(7-8-19(17)14-21)20-10-12-25(29(34)35)32-15-20/h3,5-15H,2,4,16H2,1H3,(H,34,35). The Bertz CT molecular complexity index is 1580. The Hall–Kier alpha value is -3.87. The summed E-state index contributed by atoms with van der Waals surface area (Å²) in [4.78, 5) is 15.1. The van der Waals surface area contributed by atoms with Crippen LogP contribution in [0.2, 0.25) is 10.0 Å². The van der Waals surface area contributed by atoms with E-state index in [4.69, 9.17) is 37.6 Å². The largest absolute Gasteiger partial charge is 0.489 e. The molecule has 2 aromatic heterocycles. The van der Waals surface area contributed by atoms with Gasteiger partial charge in [0, 0.05) is 23.7 Å². The number of carbonyl (C=O) groups is 1. The van der Waals surface area contributed by atoms with Crippen LogP contribution in [0.5, 0.6) is 5.75 Å². The Morgan fingerprint density at radius 2 is 1.70 bits per heavy atom. The third-order valence-corrected chi connectivity index (χ3v) is 6.69. The van der Waals surface area contributed by atoms with E-state index in [9.17, 15) is 4.79 Å². The number of halogens is 2. The van der Waals surface area contributed by atoms with Crippen LogP contribution in [0.15, 0.2) is 77.4 Å². The Kier molecular flexibility index (Phi) is 7.12. The topological polar surface area (TPSA) is 85.5 Å². The fourth-order valence-corrected chi connectivity index (χ4v) is 4.75. The molecule has 1 N–H and O–H groups in total. The molecule has 0 saturated heterocycles. The van der Waals surface area contributed by atoms with Gasteiger partial charge in [0.25, 0.3) is 0 Å². The lowest BCUT2D eigenvalue weighted by Gasteiger charge is -2.11. The fraction of sp³-hybridized carbons (Fsp3) is 0.138. The molecule has 0 fully saturated rings. The second-order valence-corrected chi connectivity index (χ2v) is 9.34. The number of aromatic nitrogens is 2. The molecule has 5 rings (SSSR count). The van der Waals surface area contributed by atoms with Crippen molar-refractivity contribution in [2.45, 2.75) is 26.4 Å². The predicted octanol–water partition coefficient (Wildman–Crippen LogP) is 8.09. The zero-order chi connectivity index (χ0) is 25.9. The first-order valence-corrected chi connectivity index (χ1v) is 12.5. The maximum absolute atomic E-state index is 11.1. The average molecular weight is 533 g/mol. The van der Waals surface area contributed by atoms with E-state index >= 15 is 0 Å². The summed E-state index contributed by atoms with van der Waals surface area (Å²) in [5.74, 6) is 0.404. The summed E-state index contributed by atoms with van der Waals surface area (Å²) < 4.78 is 11.8. The van der Waals surface area contributed by atoms with Gasteiger partial charge in [-0.15, -0.1) is 0 Å². The molecule has 186 valence electrons. The van der Waals surface area contributed by atoms with Crippen LogP contribution in [0.3, 0.4) is 0 Å². The second-order valence-electron chi connectivity index (χ2n) is 8.53. The van der Waals surface area contributed by atoms with Gasteiger partial charge in [-0.25, -0.2) is 9.78 Å². The number of hydrogen-bond donors (Lipinski definition) is 1. The maximum Gasteiger partial charge on any atom is 0.354 e. The first-order valence-electron chi connectivity index (χ1n) is 11.7. The van der Waals surface area contributed by atoms with Crippen molar-refractivity contribution in [3.8, 4) is 28.1 Å². The van der Waals surface area contributed by atoms with Crippen LogP contribution >= 0.6 is 23.2 Å². The second kappa shape index (κ2) is 10.6. The van der Waals surface area contributed by atoms with E-state index in [-0.39, 0.29) is 12.3 Å². The highest BCUT2D eigenvalue weighted by atomic mass is 35.5. The lowest BCUT2D eigenvalue weighted by molar-refractivity contribution is 0.0690. The summed E-state index contributed by atoms with van der Waals surface area (Å²) in [6, 6.07) is 20.5. The van der Waals surface area contributed by atoms with Crippen molar-refractivity contribution >= 4 is 39.9 Å². The monoisotopic (exact) mass is 532 g/mol. The van der Waals surface area contributed by atoms with Gasteiger partial charge in [-0.2, -0.15) is 0 Å². The molecular formula is C29H22Cl2N2O4. The van der Waals surface area contributed by atoms with Crippen molar-refractivity contribution in [2.24, 2.45) is 0 Å². The molecular weight excluding hydrogens is 511 g/mol. The smallest absolute Gasteiger partial charge is 0.354 e. The molecule has 0 aliphatic carbocycles. The van der Waals surface area contributed by atoms with Gasteiger partial charge in [-0.1, -0.05) is 65.6 Å². The van der Waals surface area contributed by atoms with E-state index in [1.54, 1.807) is 30.5 Å². The van der Waals surface area contributed by atoms with E-state index in [2.05, 4.69) is 17.1 Å². The Morgan fingerprint density at radius 3 is 2.41 bits per heavy atom. The van der Waals surface area contributed by atoms with Gasteiger partial charge in [0.15, 0.2) is 0 Å². The number of aromatic carboxylic acids is 1. The summed E-state index contributed by atoms with van der Waals surface area (Å²) in [6.45, 7) is 2.32. The zero-order valence-electron chi connectivity index (χ0n) is 19.9. The van der Waals surface area contributed by atoms with Crippen LogP contribution in [0, 0.1) is 0 Å². The molecule has 0 atom stereocenters. The van der Waals surface area contributed by atoms with Crippen LogP contribution in [0.4, 0.5) is 0 Å². The lowest BCUT2D eigenvalue weighted by Crippen LogP contribution is -2.00. The number of ether oxygens (including phenoxy) is 1. The van der Waals surface area contributed by atoms with Gasteiger partial charge in [0.05, 0.1) is 15.6 Å². The van der Waals surface area contributed by atoms with Crippen LogP contribution in [-0.2, 0) is 13.0 Å². The molecule has 37 heavy (non-hydrogen) atoms. The molecule has 0 aliphatic rings. The number of aryl methyl sites for hydroxylation is 1. The number of rotatable bonds is 8. The highest BCUT2D eigenvalue weighted by Crippen LogP contribution is 2.38. The number of pyridine rings is 1. The van der Waals surface area contributed by atoms with Gasteiger partial charge in [0.1, 0.15) is 29.5 Å². The number of carboxylic acids is 1. The average Bonchev–Trinajstić information content (AvgIpc) is 3.29. The van der Waals surface area contributed by atoms with Gasteiger partial charge in [-0.3, -0.25) is 0 Å². The van der Waals surface area contributed by atoms with Crippen molar-refractivity contribution in [2.75, 3.05) is 0 Å². The normalized spacial score (nSPS) is 11.1. The minimum Gasteiger partial charge on any atom is -0.489 e. The molecule has 0 spiro atoms. The zero-order valence-corrected chi connectivity index (χ0v) is 21.4. The number of fused-ring (bicyclic) bond motifs is 1. The summed E-state index contributed by atoms with van der Waals surface area (Å²) in [7, 11) is 0. The molecule has 0 radical (unpaired) electrons. The minimum absolute atomic E-state index is 0.0150. The van der Waals surface area contributed by atoms with Crippen LogP contribution in [-0.4, -0.2) is 21.2 Å². The van der Waals surface area contributed by atoms with E-state index in [1.807, 2.05) is 36.4 Å². The third kappa shape index (κ3) is 5.17. The van der Waals surface area contributed by atoms with Gasteiger partial charge in [0.2, 0.25) is 0 Å². The van der Waals surface area contributed by atoms with Crippen molar-refractivity contribution in [3.63, 3.8) is 0 Å². The highest BCUT2D eigenvalue weighted by Gasteiger charge is 2.22. The fourth-order valence-electron chi connectivity index (χ4n) is 4.18. The van der Waals surface area contributed by atoms with Crippen molar-refractivity contribution < 1.29 is 19.2 Å². The Balaban J connectivity index is 1.40. The summed E-state index contributed by atoms with van der Waals surface area (Å²) in [5, 5.41) is 16.4. The van der Waals surface area contributed by atoms with Crippen molar-refractivity contribution in [1.29, 1.82) is 0 Å². The molecule has 6 nitrogen and oxygen atoms in total. The first-order chi connectivity index (χ1) is 17.9. The lowest BCUT2D eigenvalue weighted by atomic mass is 10.0. The van der Waals surface area contributed by atoms with Crippen molar-refractivity contribution in [1.82, 2.24) is 10.1 Å². The Labute approximate surface area is 223 Å². The van der Waals surface area contributed by atoms with E-state index in [0.717, 1.165) is 46.1 Å². The summed E-state index contributed by atoms with van der Waals surface area (Å²) in [6.07, 6.45) is 3.18. The quantitative estimate of drug-likeness (QED) is 0.217. The Morgan fingerprint density at radius 1 is 0.973 bits per heavy atom.